The quantitative estimate of drug-likeness (QED) is 0.728. The number of nitrogens with one attached hydrogen (secondary N) is 1. The Bertz CT molecular complexity index is 418. The minimum Gasteiger partial charge on any atom is -0.314 e. The molecule has 1 aromatic carbocycles. The molecule has 0 spiro atoms. The Kier molecular flexibility index (Phi) is 6.76. The van der Waals surface area contributed by atoms with Gasteiger partial charge in [0.1, 0.15) is 0 Å². The molecular formula is C20H33N. The first-order valence-electron chi connectivity index (χ1n) is 8.98. The van der Waals surface area contributed by atoms with Crippen molar-refractivity contribution in [1.82, 2.24) is 5.32 Å². The van der Waals surface area contributed by atoms with Crippen molar-refractivity contribution < 1.29 is 0 Å². The zero-order chi connectivity index (χ0) is 15.1. The van der Waals surface area contributed by atoms with Crippen LogP contribution in [0, 0.1) is 19.8 Å². The normalized spacial score (nSPS) is 17.9. The highest BCUT2D eigenvalue weighted by Gasteiger charge is 2.16. The minimum absolute atomic E-state index is 0.650. The summed E-state index contributed by atoms with van der Waals surface area (Å²) in [5.41, 5.74) is 4.36. The van der Waals surface area contributed by atoms with E-state index in [2.05, 4.69) is 44.3 Å². The van der Waals surface area contributed by atoms with Gasteiger partial charge in [-0.1, -0.05) is 62.8 Å². The molecule has 0 saturated heterocycles. The summed E-state index contributed by atoms with van der Waals surface area (Å²) in [6.07, 6.45) is 11.3. The summed E-state index contributed by atoms with van der Waals surface area (Å²) in [4.78, 5) is 0. The molecule has 1 aromatic rings. The molecule has 1 atom stereocenters. The average Bonchev–Trinajstić information content (AvgIpc) is 2.50. The Labute approximate surface area is 131 Å². The molecule has 1 saturated carbocycles. The van der Waals surface area contributed by atoms with E-state index in [9.17, 15) is 0 Å². The zero-order valence-electron chi connectivity index (χ0n) is 14.3. The number of aryl methyl sites for hydroxylation is 2. The van der Waals surface area contributed by atoms with E-state index in [1.54, 1.807) is 0 Å². The Hall–Kier alpha value is -0.820. The van der Waals surface area contributed by atoms with Gasteiger partial charge in [0.2, 0.25) is 0 Å². The molecule has 0 aliphatic heterocycles. The Morgan fingerprint density at radius 2 is 1.90 bits per heavy atom. The fourth-order valence-electron chi connectivity index (χ4n) is 3.76. The summed E-state index contributed by atoms with van der Waals surface area (Å²) in [5, 5.41) is 3.72. The van der Waals surface area contributed by atoms with Crippen LogP contribution in [-0.2, 0) is 6.42 Å². The predicted octanol–water partition coefficient (Wildman–Crippen LogP) is 5.18. The average molecular weight is 287 g/mol. The van der Waals surface area contributed by atoms with Crippen LogP contribution < -0.4 is 5.32 Å². The zero-order valence-corrected chi connectivity index (χ0v) is 14.3. The highest BCUT2D eigenvalue weighted by molar-refractivity contribution is 5.31. The summed E-state index contributed by atoms with van der Waals surface area (Å²) in [5.74, 6) is 0.999. The van der Waals surface area contributed by atoms with Gasteiger partial charge in [-0.05, 0) is 56.7 Å². The molecule has 0 aromatic heterocycles. The lowest BCUT2D eigenvalue weighted by atomic mass is 9.84. The molecule has 118 valence electrons. The molecule has 1 aliphatic rings. The fraction of sp³-hybridized carbons (Fsp3) is 0.700. The second-order valence-corrected chi connectivity index (χ2v) is 6.97. The van der Waals surface area contributed by atoms with E-state index in [1.165, 1.54) is 68.1 Å². The predicted molar refractivity (Wildman–Crippen MR) is 92.9 cm³/mol. The fourth-order valence-corrected chi connectivity index (χ4v) is 3.76. The van der Waals surface area contributed by atoms with Crippen molar-refractivity contribution in [3.63, 3.8) is 0 Å². The lowest BCUT2D eigenvalue weighted by Crippen LogP contribution is -2.32. The van der Waals surface area contributed by atoms with Gasteiger partial charge in [-0.15, -0.1) is 0 Å². The maximum absolute atomic E-state index is 3.72. The molecule has 1 N–H and O–H groups in total. The molecule has 1 aliphatic carbocycles. The standard InChI is InChI=1S/C20H33N/c1-4-21-20(13-12-18-8-6-5-7-9-18)15-19-14-16(2)10-11-17(19)3/h10-11,14,18,20-21H,4-9,12-13,15H2,1-3H3. The molecule has 0 radical (unpaired) electrons. The second-order valence-electron chi connectivity index (χ2n) is 6.97. The Morgan fingerprint density at radius 1 is 1.14 bits per heavy atom. The van der Waals surface area contributed by atoms with E-state index >= 15 is 0 Å². The first-order valence-corrected chi connectivity index (χ1v) is 8.98. The summed E-state index contributed by atoms with van der Waals surface area (Å²) < 4.78 is 0. The van der Waals surface area contributed by atoms with E-state index in [0.717, 1.165) is 12.5 Å². The van der Waals surface area contributed by atoms with E-state index in [1.807, 2.05) is 0 Å². The van der Waals surface area contributed by atoms with E-state index in [4.69, 9.17) is 0 Å². The first kappa shape index (κ1) is 16.5. The molecule has 1 fully saturated rings. The van der Waals surface area contributed by atoms with Crippen LogP contribution in [-0.4, -0.2) is 12.6 Å². The number of benzene rings is 1. The first-order chi connectivity index (χ1) is 10.2. The highest BCUT2D eigenvalue weighted by Crippen LogP contribution is 2.28. The van der Waals surface area contributed by atoms with Gasteiger partial charge >= 0.3 is 0 Å². The molecule has 2 rings (SSSR count). The van der Waals surface area contributed by atoms with Crippen molar-refractivity contribution in [3.05, 3.63) is 34.9 Å². The van der Waals surface area contributed by atoms with Crippen molar-refractivity contribution in [2.24, 2.45) is 5.92 Å². The maximum atomic E-state index is 3.72. The summed E-state index contributed by atoms with van der Waals surface area (Å²) >= 11 is 0. The monoisotopic (exact) mass is 287 g/mol. The van der Waals surface area contributed by atoms with E-state index in [-0.39, 0.29) is 0 Å². The van der Waals surface area contributed by atoms with Crippen LogP contribution in [0.4, 0.5) is 0 Å². The lowest BCUT2D eigenvalue weighted by molar-refractivity contribution is 0.313. The third-order valence-electron chi connectivity index (χ3n) is 5.11. The SMILES string of the molecule is CCNC(CCC1CCCCC1)Cc1cc(C)ccc1C. The third kappa shape index (κ3) is 5.47. The molecule has 21 heavy (non-hydrogen) atoms. The van der Waals surface area contributed by atoms with Crippen LogP contribution in [0.15, 0.2) is 18.2 Å². The third-order valence-corrected chi connectivity index (χ3v) is 5.11. The van der Waals surface area contributed by atoms with Crippen LogP contribution in [0.5, 0.6) is 0 Å². The summed E-state index contributed by atoms with van der Waals surface area (Å²) in [7, 11) is 0. The van der Waals surface area contributed by atoms with Crippen molar-refractivity contribution in [1.29, 1.82) is 0 Å². The molecule has 1 unspecified atom stereocenters. The second kappa shape index (κ2) is 8.58. The summed E-state index contributed by atoms with van der Waals surface area (Å²) in [6.45, 7) is 7.77. The molecule has 0 heterocycles. The topological polar surface area (TPSA) is 12.0 Å². The van der Waals surface area contributed by atoms with Crippen LogP contribution in [0.2, 0.25) is 0 Å². The molecule has 0 amide bonds. The molecule has 1 nitrogen and oxygen atoms in total. The number of rotatable bonds is 7. The number of hydrogen-bond acceptors (Lipinski definition) is 1. The smallest absolute Gasteiger partial charge is 0.0108 e. The van der Waals surface area contributed by atoms with Gasteiger partial charge in [-0.2, -0.15) is 0 Å². The highest BCUT2D eigenvalue weighted by atomic mass is 14.9. The van der Waals surface area contributed by atoms with E-state index in [0.29, 0.717) is 6.04 Å². The van der Waals surface area contributed by atoms with Crippen molar-refractivity contribution in [2.45, 2.75) is 78.2 Å². The van der Waals surface area contributed by atoms with Crippen LogP contribution in [0.3, 0.4) is 0 Å². The van der Waals surface area contributed by atoms with Crippen molar-refractivity contribution in [2.75, 3.05) is 6.54 Å². The largest absolute Gasteiger partial charge is 0.314 e. The Morgan fingerprint density at radius 3 is 2.62 bits per heavy atom. The van der Waals surface area contributed by atoms with Gasteiger partial charge in [0.25, 0.3) is 0 Å². The molecular weight excluding hydrogens is 254 g/mol. The van der Waals surface area contributed by atoms with Crippen LogP contribution in [0.25, 0.3) is 0 Å². The number of hydrogen-bond donors (Lipinski definition) is 1. The van der Waals surface area contributed by atoms with Gasteiger partial charge in [-0.3, -0.25) is 0 Å². The van der Waals surface area contributed by atoms with Crippen LogP contribution >= 0.6 is 0 Å². The molecule has 0 bridgehead atoms. The lowest BCUT2D eigenvalue weighted by Gasteiger charge is -2.25. The van der Waals surface area contributed by atoms with Gasteiger partial charge in [-0.25, -0.2) is 0 Å². The molecule has 1 heteroatoms. The van der Waals surface area contributed by atoms with Gasteiger partial charge in [0, 0.05) is 6.04 Å². The van der Waals surface area contributed by atoms with Crippen molar-refractivity contribution >= 4 is 0 Å². The van der Waals surface area contributed by atoms with Gasteiger partial charge < -0.3 is 5.32 Å². The number of likely N-dealkylation sites (N-methyl/N-ethyl adjacent to an activating group) is 1. The maximum Gasteiger partial charge on any atom is 0.0108 e. The van der Waals surface area contributed by atoms with Crippen molar-refractivity contribution in [3.8, 4) is 0 Å². The van der Waals surface area contributed by atoms with Crippen LogP contribution in [0.1, 0.15) is 68.6 Å². The minimum atomic E-state index is 0.650. The Balaban J connectivity index is 1.89. The van der Waals surface area contributed by atoms with Gasteiger partial charge in [0.05, 0.1) is 0 Å². The van der Waals surface area contributed by atoms with Gasteiger partial charge in [0.15, 0.2) is 0 Å². The summed E-state index contributed by atoms with van der Waals surface area (Å²) in [6, 6.07) is 7.52. The van der Waals surface area contributed by atoms with E-state index < -0.39 is 0 Å².